The van der Waals surface area contributed by atoms with Crippen molar-refractivity contribution in [3.63, 3.8) is 0 Å². The van der Waals surface area contributed by atoms with Gasteiger partial charge in [0.2, 0.25) is 0 Å². The number of phosphoric acid groups is 1. The molecular formula is C18H28N3O13P. The van der Waals surface area contributed by atoms with Gasteiger partial charge in [-0.25, -0.2) is 18.7 Å². The molecule has 3 rings (SSSR count). The number of aliphatic hydroxyl groups excluding tert-OH is 4. The first kappa shape index (κ1) is 27.6. The lowest BCUT2D eigenvalue weighted by atomic mass is 9.93. The van der Waals surface area contributed by atoms with Gasteiger partial charge in [0.25, 0.3) is 5.79 Å². The number of aliphatic carboxylic acids is 1. The van der Waals surface area contributed by atoms with Gasteiger partial charge >= 0.3 is 19.5 Å². The number of hydrogen-bond donors (Lipinski definition) is 7. The Morgan fingerprint density at radius 3 is 2.57 bits per heavy atom. The van der Waals surface area contributed by atoms with Crippen LogP contribution in [0.2, 0.25) is 0 Å². The molecule has 0 amide bonds. The summed E-state index contributed by atoms with van der Waals surface area (Å²) in [7, 11) is -5.25. The van der Waals surface area contributed by atoms with Gasteiger partial charge in [-0.05, 0) is 12.5 Å². The lowest BCUT2D eigenvalue weighted by Crippen LogP contribution is -2.59. The number of hydrogen-bond acceptors (Lipinski definition) is 13. The monoisotopic (exact) mass is 525 g/mol. The Bertz CT molecular complexity index is 1020. The first-order chi connectivity index (χ1) is 16.3. The molecule has 1 aromatic heterocycles. The van der Waals surface area contributed by atoms with E-state index in [-0.39, 0.29) is 12.2 Å². The highest BCUT2D eigenvalue weighted by atomic mass is 31.2. The third kappa shape index (κ3) is 5.89. The highest BCUT2D eigenvalue weighted by molar-refractivity contribution is 7.47. The largest absolute Gasteiger partial charge is 0.477 e. The van der Waals surface area contributed by atoms with Gasteiger partial charge in [0.1, 0.15) is 30.2 Å². The molecule has 9 atom stereocenters. The standard InChI is InChI=1S/C18H28N3O13P/c1-2-3-9-12(23)8(22)6-18(33-9,16(26)27)34-35(29,30)31-7-10-13(24)14(25)15(32-10)21-5-4-11(19)20-17(21)28/h4-5,8-10,12-15,22-25H,2-3,6-7H2,1H3,(H,26,27)(H,29,30)(H2,19,20,28). The molecule has 1 aromatic rings. The van der Waals surface area contributed by atoms with E-state index in [2.05, 4.69) is 4.98 Å². The molecule has 2 aliphatic rings. The lowest BCUT2D eigenvalue weighted by molar-refractivity contribution is -0.288. The zero-order valence-corrected chi connectivity index (χ0v) is 19.4. The molecule has 3 heterocycles. The van der Waals surface area contributed by atoms with Crippen molar-refractivity contribution in [1.82, 2.24) is 9.55 Å². The van der Waals surface area contributed by atoms with Crippen LogP contribution < -0.4 is 11.4 Å². The molecule has 0 spiro atoms. The summed E-state index contributed by atoms with van der Waals surface area (Å²) in [6.45, 7) is 0.836. The van der Waals surface area contributed by atoms with Crippen molar-refractivity contribution >= 4 is 19.6 Å². The molecule has 0 aliphatic carbocycles. The molecule has 9 unspecified atom stereocenters. The number of aromatic nitrogens is 2. The van der Waals surface area contributed by atoms with Crippen LogP contribution in [0.3, 0.4) is 0 Å². The summed E-state index contributed by atoms with van der Waals surface area (Å²) >= 11 is 0. The molecule has 0 aromatic carbocycles. The average Bonchev–Trinajstić information content (AvgIpc) is 3.04. The van der Waals surface area contributed by atoms with Crippen LogP contribution in [0.1, 0.15) is 32.4 Å². The van der Waals surface area contributed by atoms with Gasteiger partial charge in [-0.15, -0.1) is 0 Å². The highest BCUT2D eigenvalue weighted by Crippen LogP contribution is 2.51. The van der Waals surface area contributed by atoms with Gasteiger partial charge in [-0.1, -0.05) is 13.3 Å². The maximum absolute atomic E-state index is 12.6. The number of nitrogens with two attached hydrogens (primary N) is 1. The number of nitrogen functional groups attached to an aromatic ring is 1. The molecule has 0 saturated carbocycles. The summed E-state index contributed by atoms with van der Waals surface area (Å²) in [5.41, 5.74) is 4.52. The number of phosphoric ester groups is 1. The topological polar surface area (TPSA) is 253 Å². The van der Waals surface area contributed by atoms with Gasteiger partial charge in [0.05, 0.1) is 18.8 Å². The Morgan fingerprint density at radius 1 is 1.29 bits per heavy atom. The van der Waals surface area contributed by atoms with E-state index in [1.54, 1.807) is 6.92 Å². The zero-order chi connectivity index (χ0) is 26.1. The second-order valence-electron chi connectivity index (χ2n) is 8.21. The number of rotatable bonds is 9. The number of nitrogens with zero attached hydrogens (tertiary/aromatic N) is 2. The van der Waals surface area contributed by atoms with E-state index in [1.807, 2.05) is 0 Å². The maximum atomic E-state index is 12.6. The van der Waals surface area contributed by atoms with Crippen molar-refractivity contribution < 1.29 is 58.3 Å². The quantitative estimate of drug-likeness (QED) is 0.167. The van der Waals surface area contributed by atoms with Crippen molar-refractivity contribution in [2.45, 2.75) is 74.8 Å². The summed E-state index contributed by atoms with van der Waals surface area (Å²) in [6.07, 6.45) is -9.68. The first-order valence-corrected chi connectivity index (χ1v) is 12.1. The predicted octanol–water partition coefficient (Wildman–Crippen LogP) is -2.33. The molecule has 17 heteroatoms. The van der Waals surface area contributed by atoms with Crippen molar-refractivity contribution in [3.05, 3.63) is 22.7 Å². The fourth-order valence-corrected chi connectivity index (χ4v) is 4.81. The normalized spacial score (nSPS) is 37.1. The number of carboxylic acids is 1. The minimum Gasteiger partial charge on any atom is -0.477 e. The number of carboxylic acid groups (broad SMARTS) is 1. The SMILES string of the molecule is CCCC1OC(OP(=O)(O)OCC2OC(n3ccc(N)nc3=O)C(O)C2O)(C(=O)O)CC(O)C1O. The summed E-state index contributed by atoms with van der Waals surface area (Å²) in [5.74, 6) is -4.75. The van der Waals surface area contributed by atoms with E-state index in [0.29, 0.717) is 6.42 Å². The van der Waals surface area contributed by atoms with Gasteiger partial charge < -0.3 is 45.6 Å². The first-order valence-electron chi connectivity index (χ1n) is 10.6. The summed E-state index contributed by atoms with van der Waals surface area (Å²) in [4.78, 5) is 37.5. The summed E-state index contributed by atoms with van der Waals surface area (Å²) < 4.78 is 33.7. The number of aliphatic hydroxyl groups is 4. The van der Waals surface area contributed by atoms with Crippen LogP contribution in [0.15, 0.2) is 17.1 Å². The third-order valence-corrected chi connectivity index (χ3v) is 6.62. The second kappa shape index (κ2) is 10.6. The molecule has 2 saturated heterocycles. The Balaban J connectivity index is 1.71. The van der Waals surface area contributed by atoms with E-state index >= 15 is 0 Å². The van der Waals surface area contributed by atoms with Crippen LogP contribution in [-0.2, 0) is 27.9 Å². The van der Waals surface area contributed by atoms with Gasteiger partial charge in [-0.3, -0.25) is 9.09 Å². The van der Waals surface area contributed by atoms with E-state index in [9.17, 15) is 44.6 Å². The second-order valence-corrected chi connectivity index (χ2v) is 9.59. The summed E-state index contributed by atoms with van der Waals surface area (Å²) in [5, 5.41) is 50.3. The predicted molar refractivity (Wildman–Crippen MR) is 112 cm³/mol. The lowest BCUT2D eigenvalue weighted by Gasteiger charge is -2.42. The number of anilines is 1. The molecule has 0 bridgehead atoms. The molecular weight excluding hydrogens is 497 g/mol. The van der Waals surface area contributed by atoms with E-state index in [4.69, 9.17) is 24.3 Å². The third-order valence-electron chi connectivity index (χ3n) is 5.62. The van der Waals surface area contributed by atoms with Gasteiger partial charge in [0.15, 0.2) is 6.23 Å². The van der Waals surface area contributed by atoms with Crippen LogP contribution in [0, 0.1) is 0 Å². The Morgan fingerprint density at radius 2 is 1.97 bits per heavy atom. The molecule has 35 heavy (non-hydrogen) atoms. The fourth-order valence-electron chi connectivity index (χ4n) is 3.85. The summed E-state index contributed by atoms with van der Waals surface area (Å²) in [6, 6.07) is 1.25. The van der Waals surface area contributed by atoms with E-state index in [0.717, 1.165) is 10.8 Å². The van der Waals surface area contributed by atoms with Crippen molar-refractivity contribution in [1.29, 1.82) is 0 Å². The minimum absolute atomic E-state index is 0.0892. The van der Waals surface area contributed by atoms with Crippen LogP contribution in [0.25, 0.3) is 0 Å². The Hall–Kier alpha value is -1.98. The minimum atomic E-state index is -5.25. The average molecular weight is 525 g/mol. The number of carbonyl (C=O) groups is 1. The van der Waals surface area contributed by atoms with Crippen molar-refractivity contribution in [2.24, 2.45) is 0 Å². The molecule has 2 fully saturated rings. The Kier molecular flexibility index (Phi) is 8.33. The van der Waals surface area contributed by atoms with E-state index in [1.165, 1.54) is 6.07 Å². The molecule has 8 N–H and O–H groups in total. The van der Waals surface area contributed by atoms with Crippen molar-refractivity contribution in [2.75, 3.05) is 12.3 Å². The van der Waals surface area contributed by atoms with Crippen LogP contribution in [0.4, 0.5) is 5.82 Å². The van der Waals surface area contributed by atoms with Crippen LogP contribution >= 0.6 is 7.82 Å². The van der Waals surface area contributed by atoms with E-state index < -0.39 is 81.1 Å². The van der Waals surface area contributed by atoms with Gasteiger partial charge in [0, 0.05) is 12.6 Å². The van der Waals surface area contributed by atoms with Gasteiger partial charge in [-0.2, -0.15) is 4.98 Å². The highest BCUT2D eigenvalue weighted by Gasteiger charge is 2.56. The smallest absolute Gasteiger partial charge is 0.475 e. The molecule has 16 nitrogen and oxygen atoms in total. The van der Waals surface area contributed by atoms with Crippen molar-refractivity contribution in [3.8, 4) is 0 Å². The zero-order valence-electron chi connectivity index (χ0n) is 18.5. The Labute approximate surface area is 198 Å². The molecule has 2 aliphatic heterocycles. The fraction of sp³-hybridized carbons (Fsp3) is 0.722. The molecule has 198 valence electrons. The maximum Gasteiger partial charge on any atom is 0.475 e. The van der Waals surface area contributed by atoms with Crippen LogP contribution in [0.5, 0.6) is 0 Å². The molecule has 0 radical (unpaired) electrons. The van der Waals surface area contributed by atoms with Crippen LogP contribution in [-0.4, -0.2) is 95.0 Å². The number of ether oxygens (including phenoxy) is 2.